The summed E-state index contributed by atoms with van der Waals surface area (Å²) in [6.07, 6.45) is 4.43. The summed E-state index contributed by atoms with van der Waals surface area (Å²) < 4.78 is 34.5. The van der Waals surface area contributed by atoms with Crippen LogP contribution in [-0.2, 0) is 26.1 Å². The quantitative estimate of drug-likeness (QED) is 0.216. The third-order valence-corrected chi connectivity index (χ3v) is 6.71. The Bertz CT molecular complexity index is 1310. The molecule has 2 aromatic heterocycles. The first-order valence-electron chi connectivity index (χ1n) is 10.2. The summed E-state index contributed by atoms with van der Waals surface area (Å²) in [7, 11) is -4.14. The summed E-state index contributed by atoms with van der Waals surface area (Å²) in [5.41, 5.74) is 5.49. The van der Waals surface area contributed by atoms with Crippen LogP contribution in [0.25, 0.3) is 10.8 Å². The molecule has 0 atom stereocenters. The highest BCUT2D eigenvalue weighted by Gasteiger charge is 2.30. The van der Waals surface area contributed by atoms with Gasteiger partial charge in [-0.1, -0.05) is 12.1 Å². The number of benzene rings is 1. The number of nitrogens with two attached hydrogens (primary N) is 1. The van der Waals surface area contributed by atoms with E-state index in [9.17, 15) is 13.2 Å². The van der Waals surface area contributed by atoms with Crippen LogP contribution in [0.5, 0.6) is 0 Å². The molecule has 0 amide bonds. The van der Waals surface area contributed by atoms with E-state index in [0.29, 0.717) is 22.2 Å². The number of nitrogens with zero attached hydrogens (tertiary/aromatic N) is 4. The monoisotopic (exact) mass is 504 g/mol. The molecule has 3 N–H and O–H groups in total. The number of carbonyl (C=O) groups excluding carboxylic acids is 1. The number of hydrogen-bond acceptors (Lipinski definition) is 7. The van der Waals surface area contributed by atoms with Crippen molar-refractivity contribution in [2.75, 3.05) is 11.0 Å². The Morgan fingerprint density at radius 1 is 1.21 bits per heavy atom. The van der Waals surface area contributed by atoms with Crippen LogP contribution in [0.4, 0.5) is 5.69 Å². The van der Waals surface area contributed by atoms with E-state index in [2.05, 4.69) is 9.97 Å². The molecule has 34 heavy (non-hydrogen) atoms. The lowest BCUT2D eigenvalue weighted by molar-refractivity contribution is -0.155. The van der Waals surface area contributed by atoms with Gasteiger partial charge in [0.15, 0.2) is 0 Å². The summed E-state index contributed by atoms with van der Waals surface area (Å²) in [6, 6.07) is 9.48. The van der Waals surface area contributed by atoms with Crippen molar-refractivity contribution in [1.29, 1.82) is 5.41 Å². The molecule has 10 nitrogen and oxygen atoms in total. The molecule has 0 saturated carbocycles. The zero-order valence-electron chi connectivity index (χ0n) is 18.9. The van der Waals surface area contributed by atoms with Gasteiger partial charge in [0.1, 0.15) is 12.1 Å². The highest BCUT2D eigenvalue weighted by molar-refractivity contribution is 7.89. The molecule has 180 valence electrons. The summed E-state index contributed by atoms with van der Waals surface area (Å²) in [4.78, 5) is 20.7. The fraction of sp³-hybridized carbons (Fsp3) is 0.273. The molecular weight excluding hydrogens is 480 g/mol. The third-order valence-electron chi connectivity index (χ3n) is 4.56. The highest BCUT2D eigenvalue weighted by atomic mass is 35.5. The second-order valence-electron chi connectivity index (χ2n) is 8.39. The van der Waals surface area contributed by atoms with Gasteiger partial charge in [-0.2, -0.15) is 4.31 Å². The van der Waals surface area contributed by atoms with E-state index in [0.717, 1.165) is 8.72 Å². The second-order valence-corrected chi connectivity index (χ2v) is 10.7. The van der Waals surface area contributed by atoms with Gasteiger partial charge in [0.05, 0.1) is 29.0 Å². The number of anilines is 1. The zero-order valence-corrected chi connectivity index (χ0v) is 20.5. The van der Waals surface area contributed by atoms with Crippen molar-refractivity contribution < 1.29 is 17.9 Å². The lowest BCUT2D eigenvalue weighted by Gasteiger charge is -2.25. The lowest BCUT2D eigenvalue weighted by atomic mass is 10.1. The molecule has 0 radical (unpaired) electrons. The number of aromatic nitrogens is 2. The minimum Gasteiger partial charge on any atom is -0.459 e. The fourth-order valence-electron chi connectivity index (χ4n) is 3.15. The Labute approximate surface area is 203 Å². The summed E-state index contributed by atoms with van der Waals surface area (Å²) in [6.45, 7) is 4.50. The first-order chi connectivity index (χ1) is 15.9. The largest absolute Gasteiger partial charge is 0.459 e. The molecule has 0 unspecified atom stereocenters. The van der Waals surface area contributed by atoms with E-state index in [1.165, 1.54) is 24.5 Å². The number of fused-ring (bicyclic) bond motifs is 1. The van der Waals surface area contributed by atoms with Crippen molar-refractivity contribution >= 4 is 50.2 Å². The maximum atomic E-state index is 13.6. The molecule has 3 aromatic rings. The number of hydrogen-bond donors (Lipinski definition) is 2. The van der Waals surface area contributed by atoms with Gasteiger partial charge < -0.3 is 10.5 Å². The van der Waals surface area contributed by atoms with Crippen molar-refractivity contribution in [2.24, 2.45) is 5.73 Å². The van der Waals surface area contributed by atoms with Crippen LogP contribution in [0.15, 0.2) is 59.9 Å². The van der Waals surface area contributed by atoms with Crippen molar-refractivity contribution in [3.05, 3.63) is 60.7 Å². The second kappa shape index (κ2) is 9.92. The first kappa shape index (κ1) is 25.3. The van der Waals surface area contributed by atoms with E-state index in [4.69, 9.17) is 27.7 Å². The molecule has 0 aliphatic carbocycles. The summed E-state index contributed by atoms with van der Waals surface area (Å²) in [5, 5.41) is 8.54. The number of carbonyl (C=O) groups is 1. The van der Waals surface area contributed by atoms with Gasteiger partial charge in [-0.25, -0.2) is 12.8 Å². The molecule has 3 rings (SSSR count). The molecule has 0 spiro atoms. The summed E-state index contributed by atoms with van der Waals surface area (Å²) in [5.74, 6) is -1.09. The SMILES string of the molecule is CC(C)(C)OC(=O)CN(Cc1ccccn1)S(=O)(=O)c1ccc2c(N(Cl)C(=N)N)cncc2c1. The minimum absolute atomic E-state index is 0.0533. The van der Waals surface area contributed by atoms with Crippen LogP contribution in [0, 0.1) is 5.41 Å². The van der Waals surface area contributed by atoms with Crippen LogP contribution in [0.3, 0.4) is 0 Å². The Morgan fingerprint density at radius 3 is 2.56 bits per heavy atom. The van der Waals surface area contributed by atoms with Crippen molar-refractivity contribution in [2.45, 2.75) is 37.8 Å². The number of pyridine rings is 2. The molecule has 0 saturated heterocycles. The van der Waals surface area contributed by atoms with Gasteiger partial charge in [0, 0.05) is 34.9 Å². The van der Waals surface area contributed by atoms with Gasteiger partial charge in [-0.05, 0) is 45.0 Å². The van der Waals surface area contributed by atoms with Gasteiger partial charge in [0.2, 0.25) is 16.0 Å². The molecule has 12 heteroatoms. The van der Waals surface area contributed by atoms with Crippen LogP contribution in [0.1, 0.15) is 26.5 Å². The number of nitrogens with one attached hydrogen (secondary N) is 1. The van der Waals surface area contributed by atoms with E-state index in [-0.39, 0.29) is 11.4 Å². The van der Waals surface area contributed by atoms with E-state index >= 15 is 0 Å². The third kappa shape index (κ3) is 5.99. The Balaban J connectivity index is 2.02. The predicted octanol–water partition coefficient (Wildman–Crippen LogP) is 3.02. The maximum Gasteiger partial charge on any atom is 0.321 e. The smallest absolute Gasteiger partial charge is 0.321 e. The van der Waals surface area contributed by atoms with E-state index in [1.54, 1.807) is 51.2 Å². The number of halogens is 1. The number of rotatable bonds is 7. The van der Waals surface area contributed by atoms with Crippen LogP contribution in [0.2, 0.25) is 0 Å². The Kier molecular flexibility index (Phi) is 7.39. The lowest BCUT2D eigenvalue weighted by Crippen LogP contribution is -2.38. The Morgan fingerprint density at radius 2 is 1.94 bits per heavy atom. The standard InChI is InChI=1S/C22H25ClN6O4S/c1-22(2,3)33-20(30)14-28(13-16-6-4-5-9-27-16)34(31,32)17-7-8-18-15(10-17)11-26-12-19(18)29(23)21(24)25/h4-12H,13-14H2,1-3H3,(H3,24,25). The molecule has 0 aliphatic heterocycles. The van der Waals surface area contributed by atoms with Crippen LogP contribution < -0.4 is 10.2 Å². The number of guanidine groups is 1. The number of ether oxygens (including phenoxy) is 1. The topological polar surface area (TPSA) is 143 Å². The molecular formula is C22H25ClN6O4S. The normalized spacial score (nSPS) is 12.0. The van der Waals surface area contributed by atoms with Gasteiger partial charge >= 0.3 is 5.97 Å². The molecule has 0 aliphatic rings. The Hall–Kier alpha value is -3.28. The van der Waals surface area contributed by atoms with Gasteiger partial charge in [-0.3, -0.25) is 20.2 Å². The van der Waals surface area contributed by atoms with Crippen molar-refractivity contribution in [1.82, 2.24) is 14.3 Å². The molecule has 0 fully saturated rings. The van der Waals surface area contributed by atoms with Crippen molar-refractivity contribution in [3.63, 3.8) is 0 Å². The molecule has 2 heterocycles. The molecule has 0 bridgehead atoms. The average Bonchev–Trinajstić information content (AvgIpc) is 2.76. The number of esters is 1. The zero-order chi connectivity index (χ0) is 25.1. The van der Waals surface area contributed by atoms with Crippen LogP contribution >= 0.6 is 11.8 Å². The predicted molar refractivity (Wildman–Crippen MR) is 130 cm³/mol. The van der Waals surface area contributed by atoms with Gasteiger partial charge in [0.25, 0.3) is 0 Å². The molecule has 1 aromatic carbocycles. The number of sulfonamides is 1. The van der Waals surface area contributed by atoms with E-state index in [1.807, 2.05) is 0 Å². The average molecular weight is 505 g/mol. The minimum atomic E-state index is -4.14. The first-order valence-corrected chi connectivity index (χ1v) is 12.0. The van der Waals surface area contributed by atoms with Crippen molar-refractivity contribution in [3.8, 4) is 0 Å². The summed E-state index contributed by atoms with van der Waals surface area (Å²) >= 11 is 6.06. The fourth-order valence-corrected chi connectivity index (χ4v) is 4.68. The van der Waals surface area contributed by atoms with E-state index < -0.39 is 34.1 Å². The highest BCUT2D eigenvalue weighted by Crippen LogP contribution is 2.30. The van der Waals surface area contributed by atoms with Gasteiger partial charge in [-0.15, -0.1) is 0 Å². The maximum absolute atomic E-state index is 13.6. The van der Waals surface area contributed by atoms with Crippen LogP contribution in [-0.4, -0.2) is 46.8 Å².